The summed E-state index contributed by atoms with van der Waals surface area (Å²) < 4.78 is 10.2. The highest BCUT2D eigenvalue weighted by atomic mass is 16.5. The molecule has 8 nitrogen and oxygen atoms in total. The Morgan fingerprint density at radius 2 is 1.95 bits per heavy atom. The maximum absolute atomic E-state index is 5.33. The van der Waals surface area contributed by atoms with Crippen molar-refractivity contribution in [2.24, 2.45) is 5.84 Å². The summed E-state index contributed by atoms with van der Waals surface area (Å²) in [6, 6.07) is 7.70. The van der Waals surface area contributed by atoms with Crippen LogP contribution >= 0.6 is 0 Å². The topological polar surface area (TPSA) is 98.4 Å². The number of hydrogen-bond acceptors (Lipinski definition) is 8. The molecule has 2 aromatic rings. The fourth-order valence-electron chi connectivity index (χ4n) is 1.59. The summed E-state index contributed by atoms with van der Waals surface area (Å²) in [7, 11) is 4.91. The van der Waals surface area contributed by atoms with Gasteiger partial charge in [0, 0.05) is 18.8 Å². The van der Waals surface area contributed by atoms with E-state index in [1.165, 1.54) is 7.11 Å². The second-order valence-corrected chi connectivity index (χ2v) is 3.85. The Morgan fingerprint density at radius 1 is 1.15 bits per heavy atom. The molecule has 2 rings (SSSR count). The van der Waals surface area contributed by atoms with Gasteiger partial charge in [-0.2, -0.15) is 15.0 Å². The number of nitrogen functional groups attached to an aromatic ring is 1. The standard InChI is InChI=1S/C12H16N6O2/c1-18(8-5-4-6-9(7-8)19-2)11-14-10(17-13)15-12(16-11)20-3/h4-7H,13H2,1-3H3,(H,14,15,16,17). The van der Waals surface area contributed by atoms with Gasteiger partial charge in [0.1, 0.15) is 5.75 Å². The van der Waals surface area contributed by atoms with E-state index in [2.05, 4.69) is 20.4 Å². The van der Waals surface area contributed by atoms with Crippen LogP contribution in [0.4, 0.5) is 17.6 Å². The van der Waals surface area contributed by atoms with Crippen LogP contribution in [0.3, 0.4) is 0 Å². The summed E-state index contributed by atoms with van der Waals surface area (Å²) >= 11 is 0. The molecule has 106 valence electrons. The van der Waals surface area contributed by atoms with Gasteiger partial charge in [-0.3, -0.25) is 5.43 Å². The first-order valence-electron chi connectivity index (χ1n) is 5.82. The summed E-state index contributed by atoms with van der Waals surface area (Å²) in [5.74, 6) is 6.70. The second kappa shape index (κ2) is 6.02. The van der Waals surface area contributed by atoms with E-state index in [9.17, 15) is 0 Å². The highest BCUT2D eigenvalue weighted by Gasteiger charge is 2.12. The van der Waals surface area contributed by atoms with E-state index in [0.29, 0.717) is 5.95 Å². The van der Waals surface area contributed by atoms with Crippen molar-refractivity contribution in [1.29, 1.82) is 0 Å². The van der Waals surface area contributed by atoms with Crippen molar-refractivity contribution in [3.8, 4) is 11.8 Å². The first-order valence-corrected chi connectivity index (χ1v) is 5.82. The highest BCUT2D eigenvalue weighted by molar-refractivity contribution is 5.59. The van der Waals surface area contributed by atoms with Crippen molar-refractivity contribution in [3.05, 3.63) is 24.3 Å². The fourth-order valence-corrected chi connectivity index (χ4v) is 1.59. The lowest BCUT2D eigenvalue weighted by Gasteiger charge is -2.18. The summed E-state index contributed by atoms with van der Waals surface area (Å²) in [4.78, 5) is 14.1. The van der Waals surface area contributed by atoms with Gasteiger partial charge < -0.3 is 14.4 Å². The second-order valence-electron chi connectivity index (χ2n) is 3.85. The Labute approximate surface area is 116 Å². The molecule has 0 fully saturated rings. The molecule has 0 bridgehead atoms. The van der Waals surface area contributed by atoms with Crippen LogP contribution in [0.2, 0.25) is 0 Å². The van der Waals surface area contributed by atoms with Gasteiger partial charge in [0.25, 0.3) is 0 Å². The van der Waals surface area contributed by atoms with Gasteiger partial charge in [-0.25, -0.2) is 5.84 Å². The number of benzene rings is 1. The fraction of sp³-hybridized carbons (Fsp3) is 0.250. The van der Waals surface area contributed by atoms with Crippen LogP contribution in [0.1, 0.15) is 0 Å². The Hall–Kier alpha value is -2.61. The Kier molecular flexibility index (Phi) is 4.16. The number of ether oxygens (including phenoxy) is 2. The zero-order valence-electron chi connectivity index (χ0n) is 11.5. The molecule has 0 aliphatic carbocycles. The van der Waals surface area contributed by atoms with E-state index in [1.54, 1.807) is 12.0 Å². The number of rotatable bonds is 5. The van der Waals surface area contributed by atoms with Crippen LogP contribution in [0, 0.1) is 0 Å². The molecule has 3 N–H and O–H groups in total. The monoisotopic (exact) mass is 276 g/mol. The van der Waals surface area contributed by atoms with Crippen LogP contribution in [0.25, 0.3) is 0 Å². The molecule has 0 radical (unpaired) electrons. The molecule has 0 unspecified atom stereocenters. The van der Waals surface area contributed by atoms with Crippen LogP contribution in [0.5, 0.6) is 11.8 Å². The smallest absolute Gasteiger partial charge is 0.322 e. The molecule has 0 aliphatic rings. The van der Waals surface area contributed by atoms with Crippen molar-refractivity contribution in [1.82, 2.24) is 15.0 Å². The van der Waals surface area contributed by atoms with Crippen LogP contribution < -0.4 is 25.6 Å². The lowest BCUT2D eigenvalue weighted by molar-refractivity contribution is 0.379. The van der Waals surface area contributed by atoms with E-state index in [4.69, 9.17) is 15.3 Å². The molecular weight excluding hydrogens is 260 g/mol. The quantitative estimate of drug-likeness (QED) is 0.615. The first kappa shape index (κ1) is 13.8. The minimum absolute atomic E-state index is 0.178. The molecule has 0 amide bonds. The van der Waals surface area contributed by atoms with Gasteiger partial charge >= 0.3 is 6.01 Å². The number of nitrogens with zero attached hydrogens (tertiary/aromatic N) is 4. The third kappa shape index (κ3) is 2.86. The molecule has 0 atom stereocenters. The minimum Gasteiger partial charge on any atom is -0.497 e. The third-order valence-corrected chi connectivity index (χ3v) is 2.66. The van der Waals surface area contributed by atoms with Gasteiger partial charge in [0.05, 0.1) is 14.2 Å². The number of anilines is 3. The molecule has 1 aromatic carbocycles. The number of aromatic nitrogens is 3. The molecule has 0 spiro atoms. The summed E-state index contributed by atoms with van der Waals surface area (Å²) in [5, 5.41) is 0. The number of hydrogen-bond donors (Lipinski definition) is 2. The predicted octanol–water partition coefficient (Wildman–Crippen LogP) is 0.942. The van der Waals surface area contributed by atoms with Crippen molar-refractivity contribution < 1.29 is 9.47 Å². The molecule has 1 aromatic heterocycles. The zero-order valence-corrected chi connectivity index (χ0v) is 11.5. The number of nitrogens with one attached hydrogen (secondary N) is 1. The maximum atomic E-state index is 5.33. The molecular formula is C12H16N6O2. The largest absolute Gasteiger partial charge is 0.497 e. The Balaban J connectivity index is 2.38. The molecule has 1 heterocycles. The van der Waals surface area contributed by atoms with E-state index in [1.807, 2.05) is 31.3 Å². The molecule has 8 heteroatoms. The van der Waals surface area contributed by atoms with E-state index in [-0.39, 0.29) is 12.0 Å². The molecule has 0 saturated carbocycles. The van der Waals surface area contributed by atoms with Gasteiger partial charge in [-0.15, -0.1) is 0 Å². The third-order valence-electron chi connectivity index (χ3n) is 2.66. The van der Waals surface area contributed by atoms with Gasteiger partial charge in [0.2, 0.25) is 11.9 Å². The lowest BCUT2D eigenvalue weighted by atomic mass is 10.3. The van der Waals surface area contributed by atoms with E-state index in [0.717, 1.165) is 11.4 Å². The Bertz CT molecular complexity index is 570. The number of nitrogens with two attached hydrogens (primary N) is 1. The molecule has 0 saturated heterocycles. The van der Waals surface area contributed by atoms with Crippen LogP contribution in [-0.2, 0) is 0 Å². The van der Waals surface area contributed by atoms with Gasteiger partial charge in [-0.1, -0.05) is 6.07 Å². The first-order chi connectivity index (χ1) is 9.67. The zero-order chi connectivity index (χ0) is 14.5. The normalized spacial score (nSPS) is 10.0. The van der Waals surface area contributed by atoms with Gasteiger partial charge in [-0.05, 0) is 12.1 Å². The summed E-state index contributed by atoms with van der Waals surface area (Å²) in [6.45, 7) is 0. The average Bonchev–Trinajstić information content (AvgIpc) is 2.53. The number of methoxy groups -OCH3 is 2. The van der Waals surface area contributed by atoms with Crippen molar-refractivity contribution >= 4 is 17.6 Å². The van der Waals surface area contributed by atoms with E-state index < -0.39 is 0 Å². The van der Waals surface area contributed by atoms with Crippen molar-refractivity contribution in [2.75, 3.05) is 31.6 Å². The average molecular weight is 276 g/mol. The molecule has 20 heavy (non-hydrogen) atoms. The van der Waals surface area contributed by atoms with Crippen molar-refractivity contribution in [2.45, 2.75) is 0 Å². The van der Waals surface area contributed by atoms with Crippen molar-refractivity contribution in [3.63, 3.8) is 0 Å². The summed E-state index contributed by atoms with van der Waals surface area (Å²) in [5.41, 5.74) is 3.24. The predicted molar refractivity (Wildman–Crippen MR) is 75.2 cm³/mol. The minimum atomic E-state index is 0.178. The highest BCUT2D eigenvalue weighted by Crippen LogP contribution is 2.25. The van der Waals surface area contributed by atoms with E-state index >= 15 is 0 Å². The maximum Gasteiger partial charge on any atom is 0.322 e. The summed E-state index contributed by atoms with van der Waals surface area (Å²) in [6.07, 6.45) is 0. The SMILES string of the molecule is COc1cccc(N(C)c2nc(NN)nc(OC)n2)c1. The molecule has 0 aliphatic heterocycles. The van der Waals surface area contributed by atoms with Gasteiger partial charge in [0.15, 0.2) is 0 Å². The van der Waals surface area contributed by atoms with Crippen LogP contribution in [0.15, 0.2) is 24.3 Å². The number of hydrazine groups is 1. The Morgan fingerprint density at radius 3 is 2.60 bits per heavy atom. The van der Waals surface area contributed by atoms with Crippen LogP contribution in [-0.4, -0.2) is 36.2 Å². The lowest BCUT2D eigenvalue weighted by Crippen LogP contribution is -2.18.